The fraction of sp³-hybridized carbons (Fsp3) is 0.192. The number of esters is 1. The summed E-state index contributed by atoms with van der Waals surface area (Å²) in [6.07, 6.45) is 0. The number of pyridine rings is 1. The van der Waals surface area contributed by atoms with Crippen LogP contribution in [0.1, 0.15) is 28.7 Å². The number of sulfone groups is 1. The number of aromatic nitrogens is 3. The molecule has 2 heterocycles. The second-order valence-corrected chi connectivity index (χ2v) is 9.86. The van der Waals surface area contributed by atoms with E-state index in [1.165, 1.54) is 22.9 Å². The van der Waals surface area contributed by atoms with Crippen molar-refractivity contribution in [1.29, 1.82) is 0 Å². The number of para-hydroxylation sites is 1. The summed E-state index contributed by atoms with van der Waals surface area (Å²) in [5, 5.41) is 0. The van der Waals surface area contributed by atoms with Crippen LogP contribution in [0, 0.1) is 13.8 Å². The van der Waals surface area contributed by atoms with E-state index in [1.54, 1.807) is 62.8 Å². The molecular formula is C26H25N3O5S. The Labute approximate surface area is 203 Å². The van der Waals surface area contributed by atoms with Crippen LogP contribution in [0.5, 0.6) is 0 Å². The molecule has 2 aromatic heterocycles. The van der Waals surface area contributed by atoms with Crippen LogP contribution in [0.2, 0.25) is 0 Å². The average molecular weight is 492 g/mol. The summed E-state index contributed by atoms with van der Waals surface area (Å²) in [5.74, 6) is -0.681. The zero-order chi connectivity index (χ0) is 25.3. The number of hydrogen-bond donors (Lipinski definition) is 0. The Morgan fingerprint density at radius 2 is 1.60 bits per heavy atom. The SMILES string of the molecule is CCOC(=O)c1cc(S(=O)(=O)c2ccccc2)c(-c2c(C)n(C)n(-c3ccccc3)c2=O)nc1C. The molecule has 0 atom stereocenters. The van der Waals surface area contributed by atoms with E-state index < -0.39 is 21.4 Å². The van der Waals surface area contributed by atoms with Crippen molar-refractivity contribution in [3.05, 3.63) is 94.0 Å². The highest BCUT2D eigenvalue weighted by molar-refractivity contribution is 7.91. The first kappa shape index (κ1) is 24.2. The highest BCUT2D eigenvalue weighted by atomic mass is 32.2. The van der Waals surface area contributed by atoms with E-state index in [0.717, 1.165) is 0 Å². The lowest BCUT2D eigenvalue weighted by atomic mass is 10.1. The van der Waals surface area contributed by atoms with E-state index in [9.17, 15) is 18.0 Å². The van der Waals surface area contributed by atoms with Gasteiger partial charge in [-0.25, -0.2) is 17.9 Å². The van der Waals surface area contributed by atoms with E-state index in [4.69, 9.17) is 4.74 Å². The van der Waals surface area contributed by atoms with Crippen LogP contribution in [-0.4, -0.2) is 35.3 Å². The first-order valence-electron chi connectivity index (χ1n) is 11.0. The van der Waals surface area contributed by atoms with Crippen LogP contribution in [-0.2, 0) is 21.6 Å². The largest absolute Gasteiger partial charge is 0.462 e. The molecule has 0 unspecified atom stereocenters. The fourth-order valence-electron chi connectivity index (χ4n) is 3.95. The zero-order valence-electron chi connectivity index (χ0n) is 19.8. The van der Waals surface area contributed by atoms with Crippen LogP contribution in [0.15, 0.2) is 81.3 Å². The number of benzene rings is 2. The van der Waals surface area contributed by atoms with Crippen LogP contribution in [0.3, 0.4) is 0 Å². The van der Waals surface area contributed by atoms with E-state index in [0.29, 0.717) is 11.4 Å². The van der Waals surface area contributed by atoms with E-state index in [-0.39, 0.29) is 38.9 Å². The molecular weight excluding hydrogens is 466 g/mol. The Balaban J connectivity index is 2.07. The highest BCUT2D eigenvalue weighted by Crippen LogP contribution is 2.32. The van der Waals surface area contributed by atoms with Gasteiger partial charge in [0.25, 0.3) is 5.56 Å². The van der Waals surface area contributed by atoms with Crippen molar-refractivity contribution < 1.29 is 17.9 Å². The normalized spacial score (nSPS) is 11.4. The number of nitrogens with zero attached hydrogens (tertiary/aromatic N) is 3. The van der Waals surface area contributed by atoms with Gasteiger partial charge in [-0.3, -0.25) is 14.5 Å². The summed E-state index contributed by atoms with van der Waals surface area (Å²) >= 11 is 0. The van der Waals surface area contributed by atoms with Gasteiger partial charge >= 0.3 is 5.97 Å². The molecule has 0 aliphatic heterocycles. The number of ether oxygens (including phenoxy) is 1. The van der Waals surface area contributed by atoms with Gasteiger partial charge in [-0.1, -0.05) is 36.4 Å². The van der Waals surface area contributed by atoms with Crippen LogP contribution < -0.4 is 5.56 Å². The Morgan fingerprint density at radius 1 is 1.00 bits per heavy atom. The molecule has 8 nitrogen and oxygen atoms in total. The predicted molar refractivity (Wildman–Crippen MR) is 132 cm³/mol. The fourth-order valence-corrected chi connectivity index (χ4v) is 5.40. The summed E-state index contributed by atoms with van der Waals surface area (Å²) in [6, 6.07) is 18.1. The van der Waals surface area contributed by atoms with E-state index in [2.05, 4.69) is 4.98 Å². The summed E-state index contributed by atoms with van der Waals surface area (Å²) < 4.78 is 35.7. The molecule has 0 spiro atoms. The lowest BCUT2D eigenvalue weighted by molar-refractivity contribution is 0.0524. The number of carbonyl (C=O) groups excluding carboxylic acids is 1. The van der Waals surface area contributed by atoms with Crippen molar-refractivity contribution in [3.8, 4) is 16.9 Å². The van der Waals surface area contributed by atoms with Crippen molar-refractivity contribution in [3.63, 3.8) is 0 Å². The number of rotatable bonds is 6. The van der Waals surface area contributed by atoms with Crippen LogP contribution in [0.4, 0.5) is 0 Å². The van der Waals surface area contributed by atoms with Gasteiger partial charge in [0, 0.05) is 12.7 Å². The molecule has 4 rings (SSSR count). The van der Waals surface area contributed by atoms with Gasteiger partial charge < -0.3 is 4.74 Å². The quantitative estimate of drug-likeness (QED) is 0.380. The molecule has 0 radical (unpaired) electrons. The maximum Gasteiger partial charge on any atom is 0.340 e. The molecule has 0 saturated carbocycles. The smallest absolute Gasteiger partial charge is 0.340 e. The van der Waals surface area contributed by atoms with Crippen molar-refractivity contribution in [2.24, 2.45) is 7.05 Å². The van der Waals surface area contributed by atoms with Crippen molar-refractivity contribution in [2.75, 3.05) is 6.61 Å². The topological polar surface area (TPSA) is 100 Å². The Hall–Kier alpha value is -3.98. The Kier molecular flexibility index (Phi) is 6.45. The lowest BCUT2D eigenvalue weighted by Gasteiger charge is -2.13. The molecule has 0 aliphatic rings. The minimum absolute atomic E-state index is 0.00724. The summed E-state index contributed by atoms with van der Waals surface area (Å²) in [4.78, 5) is 30.5. The third-order valence-corrected chi connectivity index (χ3v) is 7.59. The zero-order valence-corrected chi connectivity index (χ0v) is 20.7. The minimum atomic E-state index is -4.13. The second-order valence-electron chi connectivity index (χ2n) is 7.94. The lowest BCUT2D eigenvalue weighted by Crippen LogP contribution is -2.21. The molecule has 0 fully saturated rings. The summed E-state index contributed by atoms with van der Waals surface area (Å²) in [6.45, 7) is 5.10. The average Bonchev–Trinajstić information content (AvgIpc) is 3.07. The van der Waals surface area contributed by atoms with Gasteiger partial charge in [0.2, 0.25) is 9.84 Å². The maximum atomic E-state index is 13.7. The van der Waals surface area contributed by atoms with Crippen molar-refractivity contribution >= 4 is 15.8 Å². The third kappa shape index (κ3) is 4.19. The summed E-state index contributed by atoms with van der Waals surface area (Å²) in [5.41, 5.74) is 1.16. The van der Waals surface area contributed by atoms with Gasteiger partial charge in [-0.05, 0) is 51.1 Å². The maximum absolute atomic E-state index is 13.7. The van der Waals surface area contributed by atoms with Crippen molar-refractivity contribution in [2.45, 2.75) is 30.6 Å². The van der Waals surface area contributed by atoms with Gasteiger partial charge in [-0.15, -0.1) is 0 Å². The van der Waals surface area contributed by atoms with E-state index >= 15 is 0 Å². The number of aryl methyl sites for hydroxylation is 1. The monoisotopic (exact) mass is 491 g/mol. The highest BCUT2D eigenvalue weighted by Gasteiger charge is 2.30. The molecule has 4 aromatic rings. The molecule has 0 bridgehead atoms. The van der Waals surface area contributed by atoms with Gasteiger partial charge in [0.1, 0.15) is 0 Å². The predicted octanol–water partition coefficient (Wildman–Crippen LogP) is 3.86. The molecule has 0 aliphatic carbocycles. The number of hydrogen-bond acceptors (Lipinski definition) is 6. The molecule has 0 amide bonds. The second kappa shape index (κ2) is 9.34. The molecule has 35 heavy (non-hydrogen) atoms. The van der Waals surface area contributed by atoms with Crippen LogP contribution >= 0.6 is 0 Å². The first-order valence-corrected chi connectivity index (χ1v) is 12.5. The van der Waals surface area contributed by atoms with Gasteiger partial charge in [0.15, 0.2) is 0 Å². The number of carbonyl (C=O) groups is 1. The van der Waals surface area contributed by atoms with Gasteiger partial charge in [-0.2, -0.15) is 0 Å². The molecule has 2 aromatic carbocycles. The molecule has 0 saturated heterocycles. The standard InChI is InChI=1S/C26H25N3O5S/c1-5-34-26(31)21-16-22(35(32,33)20-14-10-7-11-15-20)24(27-17(21)2)23-18(3)28(4)29(25(23)30)19-12-8-6-9-13-19/h6-16H,5H2,1-4H3. The van der Waals surface area contributed by atoms with E-state index in [1.807, 2.05) is 18.2 Å². The minimum Gasteiger partial charge on any atom is -0.462 e. The Morgan fingerprint density at radius 3 is 2.20 bits per heavy atom. The van der Waals surface area contributed by atoms with Crippen LogP contribution in [0.25, 0.3) is 16.9 Å². The van der Waals surface area contributed by atoms with Gasteiger partial charge in [0.05, 0.1) is 44.6 Å². The first-order chi connectivity index (χ1) is 16.7. The Bertz CT molecular complexity index is 1570. The third-order valence-electron chi connectivity index (χ3n) is 5.81. The molecule has 0 N–H and O–H groups in total. The van der Waals surface area contributed by atoms with Crippen molar-refractivity contribution in [1.82, 2.24) is 14.3 Å². The summed E-state index contributed by atoms with van der Waals surface area (Å²) in [7, 11) is -2.41. The molecule has 9 heteroatoms. The molecule has 180 valence electrons.